The lowest BCUT2D eigenvalue weighted by Gasteiger charge is -2.19. The van der Waals surface area contributed by atoms with Crippen LogP contribution in [0, 0.1) is 0 Å². The molecule has 90 valence electrons. The Hall–Kier alpha value is -0.710. The zero-order valence-electron chi connectivity index (χ0n) is 9.85. The van der Waals surface area contributed by atoms with Crippen LogP contribution in [0.15, 0.2) is 40.4 Å². The molecule has 0 spiro atoms. The van der Waals surface area contributed by atoms with E-state index in [9.17, 15) is 0 Å². The van der Waals surface area contributed by atoms with Crippen LogP contribution in [0.2, 0.25) is 0 Å². The number of aromatic nitrogens is 1. The first kappa shape index (κ1) is 12.7. The number of hydrogen-bond acceptors (Lipinski definition) is 3. The molecule has 2 atom stereocenters. The summed E-state index contributed by atoms with van der Waals surface area (Å²) < 4.78 is 1.11. The van der Waals surface area contributed by atoms with Gasteiger partial charge in [-0.15, -0.1) is 11.3 Å². The molecular weight excluding hydrogens is 296 g/mol. The van der Waals surface area contributed by atoms with Gasteiger partial charge < -0.3 is 5.32 Å². The topological polar surface area (TPSA) is 24.9 Å². The molecule has 0 saturated carbocycles. The van der Waals surface area contributed by atoms with Crippen molar-refractivity contribution in [3.8, 4) is 0 Å². The van der Waals surface area contributed by atoms with Gasteiger partial charge in [0, 0.05) is 27.6 Å². The summed E-state index contributed by atoms with van der Waals surface area (Å²) in [5.41, 5.74) is 3.17. The maximum absolute atomic E-state index is 4.11. The summed E-state index contributed by atoms with van der Waals surface area (Å²) in [4.78, 5) is 5.38. The molecule has 0 aliphatic rings. The third-order valence-corrected chi connectivity index (χ3v) is 4.24. The van der Waals surface area contributed by atoms with Gasteiger partial charge in [0.25, 0.3) is 0 Å². The molecule has 0 bridgehead atoms. The first-order valence-electron chi connectivity index (χ1n) is 5.56. The highest BCUT2D eigenvalue weighted by molar-refractivity contribution is 9.10. The Morgan fingerprint density at radius 2 is 1.88 bits per heavy atom. The number of nitrogens with one attached hydrogen (secondary N) is 1. The highest BCUT2D eigenvalue weighted by Crippen LogP contribution is 2.22. The van der Waals surface area contributed by atoms with Crippen molar-refractivity contribution in [1.82, 2.24) is 10.3 Å². The zero-order chi connectivity index (χ0) is 12.3. The van der Waals surface area contributed by atoms with Crippen molar-refractivity contribution in [2.24, 2.45) is 0 Å². The van der Waals surface area contributed by atoms with Crippen LogP contribution in [-0.2, 0) is 0 Å². The summed E-state index contributed by atoms with van der Waals surface area (Å²) >= 11 is 5.14. The molecule has 2 aromatic rings. The Bertz CT molecular complexity index is 453. The maximum Gasteiger partial charge on any atom is 0.0794 e. The van der Waals surface area contributed by atoms with Crippen molar-refractivity contribution in [2.45, 2.75) is 25.9 Å². The van der Waals surface area contributed by atoms with Gasteiger partial charge in [0.1, 0.15) is 0 Å². The van der Waals surface area contributed by atoms with Crippen molar-refractivity contribution in [1.29, 1.82) is 0 Å². The molecule has 0 fully saturated rings. The van der Waals surface area contributed by atoms with Gasteiger partial charge >= 0.3 is 0 Å². The molecule has 0 radical (unpaired) electrons. The van der Waals surface area contributed by atoms with Crippen LogP contribution in [0.5, 0.6) is 0 Å². The largest absolute Gasteiger partial charge is 0.303 e. The molecule has 1 heterocycles. The Balaban J connectivity index is 2.01. The summed E-state index contributed by atoms with van der Waals surface area (Å²) in [6, 6.07) is 9.10. The number of halogens is 1. The van der Waals surface area contributed by atoms with Crippen LogP contribution in [0.25, 0.3) is 0 Å². The third kappa shape index (κ3) is 3.37. The third-order valence-electron chi connectivity index (χ3n) is 2.75. The van der Waals surface area contributed by atoms with E-state index in [1.54, 1.807) is 11.3 Å². The molecule has 1 aromatic heterocycles. The van der Waals surface area contributed by atoms with Gasteiger partial charge in [0.15, 0.2) is 0 Å². The average molecular weight is 311 g/mol. The predicted octanol–water partition coefficient (Wildman–Crippen LogP) is 4.32. The van der Waals surface area contributed by atoms with Crippen LogP contribution < -0.4 is 5.32 Å². The number of hydrogen-bond donors (Lipinski definition) is 1. The second-order valence-electron chi connectivity index (χ2n) is 4.07. The molecule has 0 aliphatic carbocycles. The number of thiazole rings is 1. The minimum Gasteiger partial charge on any atom is -0.303 e. The van der Waals surface area contributed by atoms with Crippen LogP contribution in [0.3, 0.4) is 0 Å². The van der Waals surface area contributed by atoms with Crippen LogP contribution in [0.4, 0.5) is 0 Å². The predicted molar refractivity (Wildman–Crippen MR) is 76.2 cm³/mol. The zero-order valence-corrected chi connectivity index (χ0v) is 12.3. The summed E-state index contributed by atoms with van der Waals surface area (Å²) in [5, 5.41) is 3.57. The van der Waals surface area contributed by atoms with Gasteiger partial charge in [-0.1, -0.05) is 28.1 Å². The van der Waals surface area contributed by atoms with Gasteiger partial charge in [0.05, 0.1) is 5.51 Å². The smallest absolute Gasteiger partial charge is 0.0794 e. The number of benzene rings is 1. The highest BCUT2D eigenvalue weighted by atomic mass is 79.9. The molecule has 17 heavy (non-hydrogen) atoms. The van der Waals surface area contributed by atoms with Crippen molar-refractivity contribution in [2.75, 3.05) is 0 Å². The van der Waals surface area contributed by atoms with E-state index >= 15 is 0 Å². The molecule has 0 aliphatic heterocycles. The highest BCUT2D eigenvalue weighted by Gasteiger charge is 2.11. The van der Waals surface area contributed by atoms with Crippen molar-refractivity contribution < 1.29 is 0 Å². The van der Waals surface area contributed by atoms with E-state index in [-0.39, 0.29) is 0 Å². The lowest BCUT2D eigenvalue weighted by atomic mass is 10.1. The Morgan fingerprint density at radius 3 is 2.47 bits per heavy atom. The summed E-state index contributed by atoms with van der Waals surface area (Å²) in [7, 11) is 0. The minimum atomic E-state index is 0.334. The average Bonchev–Trinajstić information content (AvgIpc) is 2.83. The van der Waals surface area contributed by atoms with E-state index in [1.807, 2.05) is 11.7 Å². The van der Waals surface area contributed by atoms with E-state index < -0.39 is 0 Å². The van der Waals surface area contributed by atoms with Gasteiger partial charge in [-0.2, -0.15) is 0 Å². The molecule has 1 aromatic carbocycles. The van der Waals surface area contributed by atoms with Crippen molar-refractivity contribution in [3.63, 3.8) is 0 Å². The molecule has 0 saturated heterocycles. The van der Waals surface area contributed by atoms with Crippen LogP contribution in [-0.4, -0.2) is 4.98 Å². The SMILES string of the molecule is CC(N[C@H](C)c1ccc(Br)cc1)c1cncs1. The fraction of sp³-hybridized carbons (Fsp3) is 0.308. The second kappa shape index (κ2) is 5.76. The van der Waals surface area contributed by atoms with Gasteiger partial charge in [-0.25, -0.2) is 0 Å². The Kier molecular flexibility index (Phi) is 4.31. The first-order chi connectivity index (χ1) is 8.16. The molecular formula is C13H15BrN2S. The second-order valence-corrected chi connectivity index (χ2v) is 5.90. The monoisotopic (exact) mass is 310 g/mol. The Morgan fingerprint density at radius 1 is 1.18 bits per heavy atom. The molecule has 2 rings (SSSR count). The minimum absolute atomic E-state index is 0.334. The lowest BCUT2D eigenvalue weighted by molar-refractivity contribution is 0.499. The maximum atomic E-state index is 4.11. The van der Waals surface area contributed by atoms with Crippen molar-refractivity contribution in [3.05, 3.63) is 50.9 Å². The van der Waals surface area contributed by atoms with E-state index in [2.05, 4.69) is 64.3 Å². The lowest BCUT2D eigenvalue weighted by Crippen LogP contribution is -2.21. The quantitative estimate of drug-likeness (QED) is 0.909. The normalized spacial score (nSPS) is 14.5. The summed E-state index contributed by atoms with van der Waals surface area (Å²) in [6.07, 6.45) is 1.93. The van der Waals surface area contributed by atoms with E-state index in [4.69, 9.17) is 0 Å². The van der Waals surface area contributed by atoms with E-state index in [0.717, 1.165) is 4.47 Å². The van der Waals surface area contributed by atoms with E-state index in [1.165, 1.54) is 10.4 Å². The fourth-order valence-corrected chi connectivity index (χ4v) is 2.65. The summed E-state index contributed by atoms with van der Waals surface area (Å²) in [6.45, 7) is 4.35. The van der Waals surface area contributed by atoms with Crippen LogP contribution in [0.1, 0.15) is 36.4 Å². The summed E-state index contributed by atoms with van der Waals surface area (Å²) in [5.74, 6) is 0. The van der Waals surface area contributed by atoms with E-state index in [0.29, 0.717) is 12.1 Å². The standard InChI is InChI=1S/C13H15BrN2S/c1-9(11-3-5-12(14)6-4-11)16-10(2)13-7-15-8-17-13/h3-10,16H,1-2H3/t9-,10?/m1/s1. The Labute approximate surface area is 114 Å². The molecule has 1 unspecified atom stereocenters. The number of nitrogens with zero attached hydrogens (tertiary/aromatic N) is 1. The molecule has 2 nitrogen and oxygen atoms in total. The molecule has 0 amide bonds. The van der Waals surface area contributed by atoms with Gasteiger partial charge in [-0.05, 0) is 31.5 Å². The first-order valence-corrected chi connectivity index (χ1v) is 7.24. The van der Waals surface area contributed by atoms with Crippen LogP contribution >= 0.6 is 27.3 Å². The molecule has 1 N–H and O–H groups in total. The molecule has 4 heteroatoms. The van der Waals surface area contributed by atoms with Gasteiger partial charge in [-0.3, -0.25) is 4.98 Å². The number of rotatable bonds is 4. The van der Waals surface area contributed by atoms with Gasteiger partial charge in [0.2, 0.25) is 0 Å². The fourth-order valence-electron chi connectivity index (χ4n) is 1.74. The van der Waals surface area contributed by atoms with Crippen molar-refractivity contribution >= 4 is 27.3 Å².